The molecular weight excluding hydrogens is 495 g/mol. The summed E-state index contributed by atoms with van der Waals surface area (Å²) in [4.78, 5) is 40.4. The highest BCUT2D eigenvalue weighted by Crippen LogP contribution is 2.40. The number of halogens is 1. The molecule has 1 saturated carbocycles. The van der Waals surface area contributed by atoms with Gasteiger partial charge in [0.05, 0.1) is 25.4 Å². The first-order valence-electron chi connectivity index (χ1n) is 12.8. The smallest absolute Gasteiger partial charge is 0.305 e. The predicted octanol–water partition coefficient (Wildman–Crippen LogP) is 4.22. The van der Waals surface area contributed by atoms with E-state index in [2.05, 4.69) is 10.2 Å². The van der Waals surface area contributed by atoms with Gasteiger partial charge in [0.15, 0.2) is 10.9 Å². The van der Waals surface area contributed by atoms with Gasteiger partial charge in [0.2, 0.25) is 0 Å². The Morgan fingerprint density at radius 1 is 1.24 bits per heavy atom. The van der Waals surface area contributed by atoms with Gasteiger partial charge in [-0.15, -0.1) is 0 Å². The minimum atomic E-state index is -0.654. The topological polar surface area (TPSA) is 94.4 Å². The Morgan fingerprint density at radius 2 is 2.03 bits per heavy atom. The second-order valence-corrected chi connectivity index (χ2v) is 10.8. The highest BCUT2D eigenvalue weighted by atomic mass is 32.2. The van der Waals surface area contributed by atoms with Crippen LogP contribution in [0.3, 0.4) is 0 Å². The molecule has 1 aliphatic heterocycles. The third kappa shape index (κ3) is 7.35. The average Bonchev–Trinajstić information content (AvgIpc) is 3.62. The molecule has 2 heterocycles. The largest absolute Gasteiger partial charge is 0.466 e. The number of esters is 1. The third-order valence-electron chi connectivity index (χ3n) is 6.53. The Bertz CT molecular complexity index is 1160. The average molecular weight is 529 g/mol. The van der Waals surface area contributed by atoms with Crippen molar-refractivity contribution in [3.63, 3.8) is 0 Å². The van der Waals surface area contributed by atoms with E-state index in [-0.39, 0.29) is 33.9 Å². The minimum Gasteiger partial charge on any atom is -0.466 e. The number of Topliss-reactive ketones (excluding diaryl/α,β-unsaturated/α-hetero) is 1. The van der Waals surface area contributed by atoms with Crippen LogP contribution in [0.25, 0.3) is 6.08 Å². The molecule has 0 radical (unpaired) electrons. The summed E-state index contributed by atoms with van der Waals surface area (Å²) in [6.07, 6.45) is 6.78. The van der Waals surface area contributed by atoms with Crippen LogP contribution < -0.4 is 0 Å². The SMILES string of the molecule is CCOC(=O)CCCn1ncc(/C=C2/CN(C(C(=O)C3CC3)c3ccccc3F)CCC2SC(C)=O)n1. The standard InChI is InChI=1S/C27H33FN4O4S/c1-3-36-25(34)9-6-13-32-29-16-21(30-32)15-20-17-31(14-12-24(20)37-18(2)33)26(27(35)19-10-11-19)22-7-4-5-8-23(22)28/h4-5,7-8,15-16,19,24,26H,3,6,9-14,17H2,1-2H3/b20-15-. The summed E-state index contributed by atoms with van der Waals surface area (Å²) in [7, 11) is 0. The number of hydrogen-bond donors (Lipinski definition) is 0. The molecule has 0 amide bonds. The minimum absolute atomic E-state index is 0.0177. The molecule has 4 rings (SSSR count). The number of aromatic nitrogens is 3. The van der Waals surface area contributed by atoms with E-state index >= 15 is 0 Å². The summed E-state index contributed by atoms with van der Waals surface area (Å²) in [6.45, 7) is 5.17. The molecule has 8 nitrogen and oxygen atoms in total. The summed E-state index contributed by atoms with van der Waals surface area (Å²) >= 11 is 1.27. The zero-order valence-corrected chi connectivity index (χ0v) is 22.1. The van der Waals surface area contributed by atoms with Crippen LogP contribution in [-0.2, 0) is 25.7 Å². The highest BCUT2D eigenvalue weighted by Gasteiger charge is 2.41. The van der Waals surface area contributed by atoms with Crippen molar-refractivity contribution in [1.82, 2.24) is 19.9 Å². The van der Waals surface area contributed by atoms with Crippen molar-refractivity contribution in [3.8, 4) is 0 Å². The van der Waals surface area contributed by atoms with Crippen molar-refractivity contribution in [3.05, 3.63) is 53.1 Å². The molecule has 2 aliphatic rings. The Balaban J connectivity index is 1.54. The van der Waals surface area contributed by atoms with Crippen LogP contribution in [0.15, 0.2) is 36.0 Å². The molecule has 2 fully saturated rings. The van der Waals surface area contributed by atoms with Crippen LogP contribution in [0.1, 0.15) is 63.3 Å². The van der Waals surface area contributed by atoms with E-state index < -0.39 is 6.04 Å². The molecule has 0 N–H and O–H groups in total. The molecule has 10 heteroatoms. The monoisotopic (exact) mass is 528 g/mol. The maximum atomic E-state index is 14.8. The van der Waals surface area contributed by atoms with Crippen LogP contribution in [0, 0.1) is 11.7 Å². The fraction of sp³-hybridized carbons (Fsp3) is 0.519. The number of carbonyl (C=O) groups is 3. The molecule has 198 valence electrons. The quantitative estimate of drug-likeness (QED) is 0.400. The lowest BCUT2D eigenvalue weighted by atomic mass is 9.93. The van der Waals surface area contributed by atoms with Crippen molar-refractivity contribution in [1.29, 1.82) is 0 Å². The fourth-order valence-corrected chi connectivity index (χ4v) is 5.59. The summed E-state index contributed by atoms with van der Waals surface area (Å²) in [5.41, 5.74) is 2.00. The van der Waals surface area contributed by atoms with Crippen molar-refractivity contribution in [2.24, 2.45) is 5.92 Å². The van der Waals surface area contributed by atoms with Crippen LogP contribution in [0.4, 0.5) is 4.39 Å². The maximum absolute atomic E-state index is 14.8. The molecule has 1 aliphatic carbocycles. The van der Waals surface area contributed by atoms with Crippen molar-refractivity contribution >= 4 is 34.7 Å². The van der Waals surface area contributed by atoms with Gasteiger partial charge in [-0.3, -0.25) is 19.3 Å². The normalized spacial score (nSPS) is 20.1. The maximum Gasteiger partial charge on any atom is 0.305 e. The summed E-state index contributed by atoms with van der Waals surface area (Å²) in [5.74, 6) is -0.572. The van der Waals surface area contributed by atoms with E-state index in [1.165, 1.54) is 22.6 Å². The Morgan fingerprint density at radius 3 is 2.73 bits per heavy atom. The number of carbonyl (C=O) groups excluding carboxylic acids is 3. The number of ketones is 1. The van der Waals surface area contributed by atoms with Gasteiger partial charge in [-0.1, -0.05) is 30.0 Å². The molecule has 2 unspecified atom stereocenters. The number of thioether (sulfide) groups is 1. The van der Waals surface area contributed by atoms with Crippen LogP contribution in [0.2, 0.25) is 0 Å². The van der Waals surface area contributed by atoms with E-state index in [1.54, 1.807) is 38.2 Å². The number of benzene rings is 1. The number of likely N-dealkylation sites (tertiary alicyclic amines) is 1. The van der Waals surface area contributed by atoms with Gasteiger partial charge in [-0.2, -0.15) is 15.0 Å². The van der Waals surface area contributed by atoms with Crippen LogP contribution >= 0.6 is 11.8 Å². The molecule has 37 heavy (non-hydrogen) atoms. The molecule has 1 aromatic carbocycles. The van der Waals surface area contributed by atoms with Crippen molar-refractivity contribution < 1.29 is 23.5 Å². The predicted molar refractivity (Wildman–Crippen MR) is 139 cm³/mol. The van der Waals surface area contributed by atoms with Gasteiger partial charge in [-0.05, 0) is 50.3 Å². The lowest BCUT2D eigenvalue weighted by Gasteiger charge is -2.38. The lowest BCUT2D eigenvalue weighted by Crippen LogP contribution is -2.43. The lowest BCUT2D eigenvalue weighted by molar-refractivity contribution is -0.143. The second-order valence-electron chi connectivity index (χ2n) is 9.45. The fourth-order valence-electron chi connectivity index (χ4n) is 4.67. The number of nitrogens with zero attached hydrogens (tertiary/aromatic N) is 4. The highest BCUT2D eigenvalue weighted by molar-refractivity contribution is 8.14. The van der Waals surface area contributed by atoms with E-state index in [0.717, 1.165) is 18.4 Å². The number of piperidine rings is 1. The second kappa shape index (κ2) is 12.6. The number of hydrogen-bond acceptors (Lipinski definition) is 8. The first kappa shape index (κ1) is 27.2. The van der Waals surface area contributed by atoms with Gasteiger partial charge in [0.1, 0.15) is 11.5 Å². The van der Waals surface area contributed by atoms with Gasteiger partial charge in [-0.25, -0.2) is 4.39 Å². The molecule has 1 saturated heterocycles. The number of ether oxygens (including phenoxy) is 1. The number of aryl methyl sites for hydroxylation is 1. The third-order valence-corrected chi connectivity index (χ3v) is 7.69. The van der Waals surface area contributed by atoms with E-state index in [9.17, 15) is 18.8 Å². The van der Waals surface area contributed by atoms with Gasteiger partial charge in [0.25, 0.3) is 0 Å². The van der Waals surface area contributed by atoms with Crippen molar-refractivity contribution in [2.45, 2.75) is 63.8 Å². The summed E-state index contributed by atoms with van der Waals surface area (Å²) < 4.78 is 19.8. The van der Waals surface area contributed by atoms with E-state index in [0.29, 0.717) is 56.8 Å². The zero-order chi connectivity index (χ0) is 26.4. The van der Waals surface area contributed by atoms with Crippen LogP contribution in [-0.4, -0.2) is 61.7 Å². The first-order valence-corrected chi connectivity index (χ1v) is 13.7. The molecule has 2 atom stereocenters. The molecule has 0 bridgehead atoms. The van der Waals surface area contributed by atoms with Crippen LogP contribution in [0.5, 0.6) is 0 Å². The molecule has 1 aromatic heterocycles. The Labute approximate surface area is 220 Å². The zero-order valence-electron chi connectivity index (χ0n) is 21.3. The molecule has 2 aromatic rings. The van der Waals surface area contributed by atoms with Gasteiger partial charge < -0.3 is 4.74 Å². The Kier molecular flexibility index (Phi) is 9.26. The Hall–Kier alpha value is -2.85. The first-order chi connectivity index (χ1) is 17.9. The number of rotatable bonds is 11. The molecule has 0 spiro atoms. The van der Waals surface area contributed by atoms with Gasteiger partial charge in [0, 0.05) is 43.2 Å². The molecular formula is C27H33FN4O4S. The van der Waals surface area contributed by atoms with E-state index in [1.807, 2.05) is 11.0 Å². The summed E-state index contributed by atoms with van der Waals surface area (Å²) in [6, 6.07) is 5.84. The van der Waals surface area contributed by atoms with Crippen molar-refractivity contribution in [2.75, 3.05) is 19.7 Å². The van der Waals surface area contributed by atoms with E-state index in [4.69, 9.17) is 4.74 Å². The summed E-state index contributed by atoms with van der Waals surface area (Å²) in [5, 5.41) is 8.78. The van der Waals surface area contributed by atoms with Gasteiger partial charge >= 0.3 is 5.97 Å².